The van der Waals surface area contributed by atoms with Crippen LogP contribution in [-0.4, -0.2) is 22.0 Å². The van der Waals surface area contributed by atoms with E-state index in [0.29, 0.717) is 11.8 Å². The van der Waals surface area contributed by atoms with Gasteiger partial charge in [-0.1, -0.05) is 142 Å². The Morgan fingerprint density at radius 3 is 1.17 bits per heavy atom. The highest BCUT2D eigenvalue weighted by Crippen LogP contribution is 2.69. The first-order valence-electron chi connectivity index (χ1n) is 17.4. The molecule has 6 rings (SSSR count). The Balaban J connectivity index is 1.40. The fourth-order valence-electron chi connectivity index (χ4n) is 7.02. The number of hydrogen-bond acceptors (Lipinski definition) is 4. The van der Waals surface area contributed by atoms with Crippen molar-refractivity contribution in [3.8, 4) is 23.0 Å². The lowest BCUT2D eigenvalue weighted by Gasteiger charge is -2.40. The van der Waals surface area contributed by atoms with Gasteiger partial charge in [0.05, 0.1) is 10.6 Å². The van der Waals surface area contributed by atoms with Crippen molar-refractivity contribution in [3.63, 3.8) is 0 Å². The summed E-state index contributed by atoms with van der Waals surface area (Å²) < 4.78 is 28.2. The van der Waals surface area contributed by atoms with Crippen LogP contribution in [0.2, 0.25) is 0 Å². The summed E-state index contributed by atoms with van der Waals surface area (Å²) >= 11 is 0. The van der Waals surface area contributed by atoms with Crippen LogP contribution in [0.5, 0.6) is 23.0 Å². The lowest BCUT2D eigenvalue weighted by molar-refractivity contribution is 0.153. The Kier molecular flexibility index (Phi) is 9.92. The predicted molar refractivity (Wildman–Crippen MR) is 204 cm³/mol. The average molecular weight is 683 g/mol. The van der Waals surface area contributed by atoms with Gasteiger partial charge in [-0.2, -0.15) is 0 Å². The SMILES string of the molecule is CC(C)[C@H](Oc1cccc2c1[P@@](C(C)(C)C)[C@H]([C@@H]1Oc3cccc(O[C@H](c4ccccc4)C(C)C)c3[P@]1C(C)(C)C)O2)c1ccccc1. The quantitative estimate of drug-likeness (QED) is 0.165. The molecule has 0 saturated heterocycles. The van der Waals surface area contributed by atoms with Gasteiger partial charge in [-0.05, 0) is 73.4 Å². The van der Waals surface area contributed by atoms with Crippen LogP contribution in [0.25, 0.3) is 0 Å². The molecule has 0 fully saturated rings. The summed E-state index contributed by atoms with van der Waals surface area (Å²) in [6.45, 7) is 23.0. The van der Waals surface area contributed by atoms with Crippen molar-refractivity contribution < 1.29 is 18.9 Å². The molecule has 0 aliphatic carbocycles. The second kappa shape index (κ2) is 13.7. The summed E-state index contributed by atoms with van der Waals surface area (Å²) in [6.07, 6.45) is -0.129. The molecule has 0 radical (unpaired) electrons. The number of hydrogen-bond donors (Lipinski definition) is 0. The number of ether oxygens (including phenoxy) is 4. The average Bonchev–Trinajstić information content (AvgIpc) is 3.63. The first-order valence-corrected chi connectivity index (χ1v) is 20.2. The summed E-state index contributed by atoms with van der Waals surface area (Å²) in [5.41, 5.74) is 2.38. The lowest BCUT2D eigenvalue weighted by atomic mass is 9.99. The van der Waals surface area contributed by atoms with Gasteiger partial charge in [-0.3, -0.25) is 0 Å². The minimum Gasteiger partial charge on any atom is -0.485 e. The monoisotopic (exact) mass is 682 g/mol. The lowest BCUT2D eigenvalue weighted by Crippen LogP contribution is -2.38. The van der Waals surface area contributed by atoms with Gasteiger partial charge in [0.2, 0.25) is 0 Å². The Morgan fingerprint density at radius 2 is 0.854 bits per heavy atom. The molecule has 4 nitrogen and oxygen atoms in total. The first kappa shape index (κ1) is 34.8. The van der Waals surface area contributed by atoms with Gasteiger partial charge in [-0.25, -0.2) is 0 Å². The summed E-state index contributed by atoms with van der Waals surface area (Å²) in [5, 5.41) is 2.32. The van der Waals surface area contributed by atoms with Crippen molar-refractivity contribution >= 4 is 26.5 Å². The van der Waals surface area contributed by atoms with Crippen LogP contribution in [0, 0.1) is 11.8 Å². The Hall–Kier alpha value is -3.06. The second-order valence-electron chi connectivity index (χ2n) is 15.7. The van der Waals surface area contributed by atoms with Crippen molar-refractivity contribution in [2.75, 3.05) is 0 Å². The normalized spacial score (nSPS) is 21.7. The molecule has 2 aliphatic heterocycles. The van der Waals surface area contributed by atoms with E-state index in [1.165, 1.54) is 21.7 Å². The topological polar surface area (TPSA) is 36.9 Å². The fraction of sp³-hybridized carbons (Fsp3) is 0.429. The third kappa shape index (κ3) is 6.86. The third-order valence-electron chi connectivity index (χ3n) is 9.07. The maximum atomic E-state index is 7.10. The molecule has 254 valence electrons. The van der Waals surface area contributed by atoms with Gasteiger partial charge in [0.25, 0.3) is 0 Å². The maximum Gasteiger partial charge on any atom is 0.162 e. The molecule has 0 N–H and O–H groups in total. The highest BCUT2D eigenvalue weighted by atomic mass is 31.1. The van der Waals surface area contributed by atoms with Gasteiger partial charge in [0.1, 0.15) is 35.2 Å². The van der Waals surface area contributed by atoms with Crippen molar-refractivity contribution in [2.24, 2.45) is 11.8 Å². The molecule has 2 heterocycles. The predicted octanol–water partition coefficient (Wildman–Crippen LogP) is 11.2. The van der Waals surface area contributed by atoms with Gasteiger partial charge in [0.15, 0.2) is 11.7 Å². The van der Waals surface area contributed by atoms with E-state index in [1.54, 1.807) is 0 Å². The highest BCUT2D eigenvalue weighted by Gasteiger charge is 2.55. The summed E-state index contributed by atoms with van der Waals surface area (Å²) in [6, 6.07) is 33.9. The Bertz CT molecular complexity index is 1560. The van der Waals surface area contributed by atoms with E-state index in [2.05, 4.69) is 166 Å². The molecule has 4 aromatic rings. The molecule has 0 aromatic heterocycles. The van der Waals surface area contributed by atoms with Crippen LogP contribution in [-0.2, 0) is 0 Å². The van der Waals surface area contributed by atoms with Crippen LogP contribution in [0.15, 0.2) is 97.1 Å². The van der Waals surface area contributed by atoms with Crippen LogP contribution in [0.3, 0.4) is 0 Å². The molecule has 0 spiro atoms. The molecule has 6 atom stereocenters. The zero-order chi connectivity index (χ0) is 34.4. The Morgan fingerprint density at radius 1 is 0.500 bits per heavy atom. The van der Waals surface area contributed by atoms with Crippen molar-refractivity contribution in [1.29, 1.82) is 0 Å². The van der Waals surface area contributed by atoms with Crippen LogP contribution in [0.4, 0.5) is 0 Å². The molecule has 0 amide bonds. The third-order valence-corrected chi connectivity index (χ3v) is 15.8. The van der Waals surface area contributed by atoms with Crippen LogP contribution >= 0.6 is 15.8 Å². The van der Waals surface area contributed by atoms with E-state index >= 15 is 0 Å². The standard InChI is InChI=1S/C42H52O4P2/c1-27(2)35(29-19-13-11-14-20-29)43-31-23-17-25-33-37(31)47(41(5,6)7)39(45-33)40-46-34-26-18-24-32(38(34)48(40)42(8,9)10)44-36(28(3)4)30-21-15-12-16-22-30/h11-28,35-36,39-40H,1-10H3/t35-,36-,39+,40+,47-,48+/m0/s1. The second-order valence-corrected chi connectivity index (χ2v) is 21.8. The van der Waals surface area contributed by atoms with Crippen molar-refractivity contribution in [3.05, 3.63) is 108 Å². The van der Waals surface area contributed by atoms with E-state index < -0.39 is 15.8 Å². The van der Waals surface area contributed by atoms with Crippen molar-refractivity contribution in [2.45, 2.75) is 103 Å². The smallest absolute Gasteiger partial charge is 0.162 e. The van der Waals surface area contributed by atoms with Crippen LogP contribution < -0.4 is 29.6 Å². The summed E-state index contributed by atoms with van der Waals surface area (Å²) in [7, 11) is -1.72. The molecule has 4 aromatic carbocycles. The Labute approximate surface area is 291 Å². The molecular formula is C42H52O4P2. The zero-order valence-corrected chi connectivity index (χ0v) is 32.0. The molecule has 0 unspecified atom stereocenters. The summed E-state index contributed by atoms with van der Waals surface area (Å²) in [4.78, 5) is 0. The number of rotatable bonds is 9. The number of benzene rings is 4. The molecule has 0 bridgehead atoms. The number of fused-ring (bicyclic) bond motifs is 2. The minimum absolute atomic E-state index is 0.0583. The van der Waals surface area contributed by atoms with Crippen molar-refractivity contribution in [1.82, 2.24) is 0 Å². The van der Waals surface area contributed by atoms with Gasteiger partial charge < -0.3 is 18.9 Å². The van der Waals surface area contributed by atoms with E-state index in [-0.39, 0.29) is 34.2 Å². The summed E-state index contributed by atoms with van der Waals surface area (Å²) in [5.74, 6) is 4.06. The maximum absolute atomic E-state index is 7.10. The molecule has 6 heteroatoms. The molecular weight excluding hydrogens is 630 g/mol. The van der Waals surface area contributed by atoms with E-state index in [0.717, 1.165) is 23.0 Å². The van der Waals surface area contributed by atoms with Gasteiger partial charge in [0, 0.05) is 0 Å². The minimum atomic E-state index is -0.862. The van der Waals surface area contributed by atoms with Gasteiger partial charge in [-0.15, -0.1) is 0 Å². The molecule has 0 saturated carbocycles. The van der Waals surface area contributed by atoms with E-state index in [1.807, 2.05) is 0 Å². The fourth-order valence-corrected chi connectivity index (χ4v) is 13.7. The highest BCUT2D eigenvalue weighted by molar-refractivity contribution is 7.72. The molecule has 2 aliphatic rings. The van der Waals surface area contributed by atoms with E-state index in [4.69, 9.17) is 18.9 Å². The van der Waals surface area contributed by atoms with E-state index in [9.17, 15) is 0 Å². The zero-order valence-electron chi connectivity index (χ0n) is 30.2. The largest absolute Gasteiger partial charge is 0.485 e. The molecule has 48 heavy (non-hydrogen) atoms. The van der Waals surface area contributed by atoms with Gasteiger partial charge >= 0.3 is 0 Å². The first-order chi connectivity index (χ1) is 22.8. The van der Waals surface area contributed by atoms with Crippen LogP contribution in [0.1, 0.15) is 92.6 Å².